The average Bonchev–Trinajstić information content (AvgIpc) is 2.55. The summed E-state index contributed by atoms with van der Waals surface area (Å²) in [6, 6.07) is 10.3. The van der Waals surface area contributed by atoms with Crippen LogP contribution in [0.3, 0.4) is 0 Å². The molecular formula is C14H16N2O. The summed E-state index contributed by atoms with van der Waals surface area (Å²) in [7, 11) is 0. The average molecular weight is 228 g/mol. The zero-order valence-corrected chi connectivity index (χ0v) is 10.3. The number of hydrogen-bond acceptors (Lipinski definition) is 2. The predicted octanol–water partition coefficient (Wildman–Crippen LogP) is 3.21. The summed E-state index contributed by atoms with van der Waals surface area (Å²) in [5.74, 6) is 0. The van der Waals surface area contributed by atoms with Crippen LogP contribution in [0.5, 0.6) is 0 Å². The van der Waals surface area contributed by atoms with Crippen molar-refractivity contribution in [2.45, 2.75) is 20.8 Å². The smallest absolute Gasteiger partial charge is 0.0752 e. The van der Waals surface area contributed by atoms with Crippen molar-refractivity contribution in [2.24, 2.45) is 5.16 Å². The second kappa shape index (κ2) is 4.45. The molecule has 88 valence electrons. The lowest BCUT2D eigenvalue weighted by atomic mass is 10.2. The van der Waals surface area contributed by atoms with Crippen molar-refractivity contribution in [3.05, 3.63) is 52.8 Å². The quantitative estimate of drug-likeness (QED) is 0.478. The van der Waals surface area contributed by atoms with E-state index >= 15 is 0 Å². The van der Waals surface area contributed by atoms with E-state index in [-0.39, 0.29) is 0 Å². The van der Waals surface area contributed by atoms with Crippen LogP contribution in [-0.2, 0) is 0 Å². The fourth-order valence-corrected chi connectivity index (χ4v) is 2.14. The molecule has 1 heterocycles. The van der Waals surface area contributed by atoms with Crippen LogP contribution in [0, 0.1) is 20.8 Å². The molecule has 0 spiro atoms. The van der Waals surface area contributed by atoms with E-state index < -0.39 is 0 Å². The van der Waals surface area contributed by atoms with Gasteiger partial charge in [0.15, 0.2) is 0 Å². The van der Waals surface area contributed by atoms with E-state index in [1.54, 1.807) is 0 Å². The number of rotatable bonds is 2. The van der Waals surface area contributed by atoms with Crippen molar-refractivity contribution in [2.75, 3.05) is 0 Å². The maximum Gasteiger partial charge on any atom is 0.0752 e. The summed E-state index contributed by atoms with van der Waals surface area (Å²) < 4.78 is 2.16. The highest BCUT2D eigenvalue weighted by molar-refractivity contribution is 5.81. The molecule has 0 saturated heterocycles. The van der Waals surface area contributed by atoms with Crippen LogP contribution in [0.4, 0.5) is 0 Å². The van der Waals surface area contributed by atoms with Gasteiger partial charge in [-0.05, 0) is 44.5 Å². The zero-order chi connectivity index (χ0) is 12.4. The number of aryl methyl sites for hydroxylation is 2. The first-order chi connectivity index (χ1) is 8.13. The lowest BCUT2D eigenvalue weighted by Crippen LogP contribution is -1.99. The Morgan fingerprint density at radius 2 is 1.94 bits per heavy atom. The summed E-state index contributed by atoms with van der Waals surface area (Å²) in [6.07, 6.45) is 1.47. The highest BCUT2D eigenvalue weighted by atomic mass is 16.4. The first-order valence-corrected chi connectivity index (χ1v) is 5.57. The summed E-state index contributed by atoms with van der Waals surface area (Å²) in [6.45, 7) is 6.14. The van der Waals surface area contributed by atoms with Crippen LogP contribution in [0.25, 0.3) is 5.69 Å². The molecule has 0 unspecified atom stereocenters. The molecule has 0 aliphatic heterocycles. The van der Waals surface area contributed by atoms with Crippen molar-refractivity contribution in [1.82, 2.24) is 4.57 Å². The molecule has 0 aliphatic carbocycles. The molecule has 0 bridgehead atoms. The second-order valence-electron chi connectivity index (χ2n) is 4.25. The van der Waals surface area contributed by atoms with Crippen molar-refractivity contribution < 1.29 is 5.21 Å². The van der Waals surface area contributed by atoms with Gasteiger partial charge in [-0.1, -0.05) is 17.3 Å². The van der Waals surface area contributed by atoms with Gasteiger partial charge in [0.1, 0.15) is 0 Å². The van der Waals surface area contributed by atoms with Gasteiger partial charge < -0.3 is 9.77 Å². The number of benzene rings is 1. The Hall–Kier alpha value is -2.03. The molecule has 1 N–H and O–H groups in total. The molecule has 1 aromatic carbocycles. The monoisotopic (exact) mass is 228 g/mol. The minimum absolute atomic E-state index is 0.937. The van der Waals surface area contributed by atoms with E-state index in [9.17, 15) is 0 Å². The Kier molecular flexibility index (Phi) is 3.00. The van der Waals surface area contributed by atoms with Crippen LogP contribution in [0.2, 0.25) is 0 Å². The zero-order valence-electron chi connectivity index (χ0n) is 10.3. The Morgan fingerprint density at radius 1 is 1.18 bits per heavy atom. The maximum atomic E-state index is 8.62. The van der Waals surface area contributed by atoms with E-state index in [2.05, 4.69) is 34.8 Å². The normalized spacial score (nSPS) is 11.2. The van der Waals surface area contributed by atoms with Crippen molar-refractivity contribution >= 4 is 6.21 Å². The summed E-state index contributed by atoms with van der Waals surface area (Å²) in [5, 5.41) is 11.7. The SMILES string of the molecule is Cc1cccc(-n2c(C)cc(/C=N/O)c2C)c1. The molecule has 2 aromatic rings. The van der Waals surface area contributed by atoms with Crippen LogP contribution in [-0.4, -0.2) is 16.0 Å². The molecule has 0 fully saturated rings. The van der Waals surface area contributed by atoms with Gasteiger partial charge >= 0.3 is 0 Å². The fraction of sp³-hybridized carbons (Fsp3) is 0.214. The minimum atomic E-state index is 0.937. The van der Waals surface area contributed by atoms with Gasteiger partial charge in [0.25, 0.3) is 0 Å². The first kappa shape index (κ1) is 11.5. The van der Waals surface area contributed by atoms with E-state index in [0.717, 1.165) is 22.6 Å². The molecule has 0 atom stereocenters. The van der Waals surface area contributed by atoms with Gasteiger partial charge in [0.05, 0.1) is 6.21 Å². The molecule has 2 rings (SSSR count). The molecule has 17 heavy (non-hydrogen) atoms. The molecule has 1 aromatic heterocycles. The van der Waals surface area contributed by atoms with Crippen molar-refractivity contribution in [1.29, 1.82) is 0 Å². The molecule has 0 amide bonds. The Labute approximate surface area is 101 Å². The van der Waals surface area contributed by atoms with E-state index in [4.69, 9.17) is 5.21 Å². The first-order valence-electron chi connectivity index (χ1n) is 5.57. The molecular weight excluding hydrogens is 212 g/mol. The predicted molar refractivity (Wildman–Crippen MR) is 69.4 cm³/mol. The number of aromatic nitrogens is 1. The molecule has 0 radical (unpaired) electrons. The minimum Gasteiger partial charge on any atom is -0.411 e. The number of hydrogen-bond donors (Lipinski definition) is 1. The second-order valence-corrected chi connectivity index (χ2v) is 4.25. The molecule has 0 saturated carbocycles. The number of nitrogens with zero attached hydrogens (tertiary/aromatic N) is 2. The van der Waals surface area contributed by atoms with Gasteiger partial charge in [-0.15, -0.1) is 0 Å². The third kappa shape index (κ3) is 2.09. The molecule has 3 nitrogen and oxygen atoms in total. The third-order valence-electron chi connectivity index (χ3n) is 2.93. The highest BCUT2D eigenvalue weighted by Crippen LogP contribution is 2.20. The lowest BCUT2D eigenvalue weighted by Gasteiger charge is -2.10. The lowest BCUT2D eigenvalue weighted by molar-refractivity contribution is 0.322. The van der Waals surface area contributed by atoms with Crippen LogP contribution in [0.1, 0.15) is 22.5 Å². The molecule has 0 aliphatic rings. The Balaban J connectivity index is 2.59. The Bertz CT molecular complexity index is 568. The van der Waals surface area contributed by atoms with E-state index in [1.165, 1.54) is 11.8 Å². The largest absolute Gasteiger partial charge is 0.411 e. The van der Waals surface area contributed by atoms with Gasteiger partial charge in [-0.2, -0.15) is 0 Å². The van der Waals surface area contributed by atoms with E-state index in [0.29, 0.717) is 0 Å². The van der Waals surface area contributed by atoms with Gasteiger partial charge in [0, 0.05) is 22.6 Å². The summed E-state index contributed by atoms with van der Waals surface area (Å²) >= 11 is 0. The van der Waals surface area contributed by atoms with Gasteiger partial charge in [-0.3, -0.25) is 0 Å². The van der Waals surface area contributed by atoms with Gasteiger partial charge in [-0.25, -0.2) is 0 Å². The summed E-state index contributed by atoms with van der Waals surface area (Å²) in [5.41, 5.74) is 5.50. The van der Waals surface area contributed by atoms with Crippen LogP contribution >= 0.6 is 0 Å². The van der Waals surface area contributed by atoms with Crippen molar-refractivity contribution in [3.63, 3.8) is 0 Å². The number of oxime groups is 1. The maximum absolute atomic E-state index is 8.62. The fourth-order valence-electron chi connectivity index (χ4n) is 2.14. The highest BCUT2D eigenvalue weighted by Gasteiger charge is 2.09. The third-order valence-corrected chi connectivity index (χ3v) is 2.93. The van der Waals surface area contributed by atoms with Crippen molar-refractivity contribution in [3.8, 4) is 5.69 Å². The van der Waals surface area contributed by atoms with E-state index in [1.807, 2.05) is 26.0 Å². The Morgan fingerprint density at radius 3 is 2.59 bits per heavy atom. The van der Waals surface area contributed by atoms with Crippen LogP contribution in [0.15, 0.2) is 35.5 Å². The van der Waals surface area contributed by atoms with Gasteiger partial charge in [0.2, 0.25) is 0 Å². The topological polar surface area (TPSA) is 37.5 Å². The summed E-state index contributed by atoms with van der Waals surface area (Å²) in [4.78, 5) is 0. The van der Waals surface area contributed by atoms with Crippen LogP contribution < -0.4 is 0 Å². The standard InChI is InChI=1S/C14H16N2O/c1-10-5-4-6-14(7-10)16-11(2)8-13(9-15-17)12(16)3/h4-9,17H,1-3H3/b15-9+. The molecule has 3 heteroatoms.